The van der Waals surface area contributed by atoms with E-state index in [1.54, 1.807) is 13.1 Å². The second-order valence-electron chi connectivity index (χ2n) is 4.12. The highest BCUT2D eigenvalue weighted by atomic mass is 79.9. The van der Waals surface area contributed by atoms with Gasteiger partial charge in [0.15, 0.2) is 5.78 Å². The molecule has 0 saturated carbocycles. The van der Waals surface area contributed by atoms with Crippen LogP contribution >= 0.6 is 15.9 Å². The molecular formula is C12H13BrN2O. The van der Waals surface area contributed by atoms with Gasteiger partial charge in [-0.1, -0.05) is 0 Å². The highest BCUT2D eigenvalue weighted by Crippen LogP contribution is 2.26. The average molecular weight is 281 g/mol. The van der Waals surface area contributed by atoms with E-state index in [0.29, 0.717) is 6.04 Å². The van der Waals surface area contributed by atoms with Gasteiger partial charge in [-0.25, -0.2) is 4.98 Å². The van der Waals surface area contributed by atoms with Crippen LogP contribution in [0.2, 0.25) is 0 Å². The molecule has 0 atom stereocenters. The monoisotopic (exact) mass is 280 g/mol. The first kappa shape index (κ1) is 11.3. The Balaban J connectivity index is 2.81. The van der Waals surface area contributed by atoms with Crippen LogP contribution in [0.4, 0.5) is 0 Å². The third-order valence-electron chi connectivity index (χ3n) is 2.62. The van der Waals surface area contributed by atoms with E-state index in [2.05, 4.69) is 39.3 Å². The summed E-state index contributed by atoms with van der Waals surface area (Å²) in [6.45, 7) is 5.77. The lowest BCUT2D eigenvalue weighted by Gasteiger charge is -2.08. The summed E-state index contributed by atoms with van der Waals surface area (Å²) >= 11 is 3.33. The largest absolute Gasteiger partial charge is 0.343 e. The van der Waals surface area contributed by atoms with Gasteiger partial charge in [-0.05, 0) is 42.8 Å². The summed E-state index contributed by atoms with van der Waals surface area (Å²) in [7, 11) is 0. The molecule has 84 valence electrons. The van der Waals surface area contributed by atoms with Crippen LogP contribution in [0.15, 0.2) is 23.1 Å². The summed E-state index contributed by atoms with van der Waals surface area (Å²) in [6.07, 6.45) is 3.71. The Kier molecular flexibility index (Phi) is 2.84. The summed E-state index contributed by atoms with van der Waals surface area (Å²) in [5, 5.41) is 0.961. The number of ketones is 1. The van der Waals surface area contributed by atoms with Crippen molar-refractivity contribution in [2.24, 2.45) is 0 Å². The molecule has 0 aliphatic rings. The molecule has 0 N–H and O–H groups in total. The molecule has 0 fully saturated rings. The maximum absolute atomic E-state index is 11.6. The van der Waals surface area contributed by atoms with Gasteiger partial charge in [0.25, 0.3) is 0 Å². The Hall–Kier alpha value is -1.16. The predicted molar refractivity (Wildman–Crippen MR) is 67.8 cm³/mol. The molecule has 2 aromatic heterocycles. The molecule has 3 nitrogen and oxygen atoms in total. The smallest absolute Gasteiger partial charge is 0.161 e. The van der Waals surface area contributed by atoms with E-state index in [0.717, 1.165) is 21.1 Å². The van der Waals surface area contributed by atoms with Gasteiger partial charge < -0.3 is 4.57 Å². The fourth-order valence-corrected chi connectivity index (χ4v) is 2.16. The zero-order valence-corrected chi connectivity index (χ0v) is 11.1. The third-order valence-corrected chi connectivity index (χ3v) is 3.06. The Morgan fingerprint density at radius 1 is 1.50 bits per heavy atom. The molecule has 0 spiro atoms. The fourth-order valence-electron chi connectivity index (χ4n) is 1.83. The first-order valence-corrected chi connectivity index (χ1v) is 5.97. The van der Waals surface area contributed by atoms with Crippen molar-refractivity contribution >= 4 is 32.6 Å². The van der Waals surface area contributed by atoms with Crippen LogP contribution in [0.1, 0.15) is 37.2 Å². The maximum atomic E-state index is 11.6. The lowest BCUT2D eigenvalue weighted by Crippen LogP contribution is -1.98. The fraction of sp³-hybridized carbons (Fsp3) is 0.333. The van der Waals surface area contributed by atoms with Gasteiger partial charge in [0.05, 0.1) is 11.7 Å². The predicted octanol–water partition coefficient (Wildman–Crippen LogP) is 3.58. The van der Waals surface area contributed by atoms with Crippen molar-refractivity contribution in [1.82, 2.24) is 9.55 Å². The van der Waals surface area contributed by atoms with Gasteiger partial charge in [-0.2, -0.15) is 0 Å². The molecule has 0 aliphatic carbocycles. The first-order valence-electron chi connectivity index (χ1n) is 5.17. The van der Waals surface area contributed by atoms with E-state index in [1.165, 1.54) is 0 Å². The molecule has 0 unspecified atom stereocenters. The zero-order chi connectivity index (χ0) is 11.9. The average Bonchev–Trinajstić information content (AvgIpc) is 2.56. The zero-order valence-electron chi connectivity index (χ0n) is 9.49. The Bertz CT molecular complexity index is 557. The normalized spacial score (nSPS) is 11.3. The van der Waals surface area contributed by atoms with Crippen LogP contribution in [0.3, 0.4) is 0 Å². The number of Topliss-reactive ketones (excluding diaryl/α,β-unsaturated/α-hetero) is 1. The van der Waals surface area contributed by atoms with Gasteiger partial charge in [-0.15, -0.1) is 0 Å². The number of carbonyl (C=O) groups is 1. The van der Waals surface area contributed by atoms with Crippen molar-refractivity contribution in [3.63, 3.8) is 0 Å². The number of pyridine rings is 1. The van der Waals surface area contributed by atoms with Crippen LogP contribution in [-0.2, 0) is 0 Å². The van der Waals surface area contributed by atoms with E-state index in [4.69, 9.17) is 0 Å². The minimum Gasteiger partial charge on any atom is -0.343 e. The summed E-state index contributed by atoms with van der Waals surface area (Å²) in [5.41, 5.74) is 1.76. The molecule has 2 aromatic rings. The van der Waals surface area contributed by atoms with E-state index >= 15 is 0 Å². The van der Waals surface area contributed by atoms with E-state index in [9.17, 15) is 4.79 Å². The van der Waals surface area contributed by atoms with Crippen LogP contribution in [0.25, 0.3) is 10.9 Å². The van der Waals surface area contributed by atoms with Crippen molar-refractivity contribution in [1.29, 1.82) is 0 Å². The summed E-state index contributed by atoms with van der Waals surface area (Å²) in [4.78, 5) is 15.8. The minimum atomic E-state index is 0.0856. The molecular weight excluding hydrogens is 268 g/mol. The summed E-state index contributed by atoms with van der Waals surface area (Å²) in [6, 6.07) is 2.21. The second kappa shape index (κ2) is 4.01. The van der Waals surface area contributed by atoms with Gasteiger partial charge in [-0.3, -0.25) is 4.79 Å². The topological polar surface area (TPSA) is 34.9 Å². The first-order chi connectivity index (χ1) is 7.50. The molecule has 2 rings (SSSR count). The van der Waals surface area contributed by atoms with E-state index < -0.39 is 0 Å². The number of rotatable bonds is 2. The number of hydrogen-bond donors (Lipinski definition) is 0. The van der Waals surface area contributed by atoms with Crippen LogP contribution in [-0.4, -0.2) is 15.3 Å². The molecule has 0 amide bonds. The van der Waals surface area contributed by atoms with Gasteiger partial charge in [0.2, 0.25) is 0 Å². The van der Waals surface area contributed by atoms with Crippen molar-refractivity contribution in [3.05, 3.63) is 28.6 Å². The van der Waals surface area contributed by atoms with E-state index in [1.807, 2.05) is 12.3 Å². The molecule has 0 aliphatic heterocycles. The molecule has 2 heterocycles. The van der Waals surface area contributed by atoms with Crippen molar-refractivity contribution in [3.8, 4) is 0 Å². The third kappa shape index (κ3) is 1.78. The van der Waals surface area contributed by atoms with Crippen LogP contribution in [0.5, 0.6) is 0 Å². The summed E-state index contributed by atoms with van der Waals surface area (Å²) in [5.74, 6) is 0.0856. The summed E-state index contributed by atoms with van der Waals surface area (Å²) < 4.78 is 2.83. The number of halogens is 1. The van der Waals surface area contributed by atoms with Crippen molar-refractivity contribution < 1.29 is 4.79 Å². The molecule has 16 heavy (non-hydrogen) atoms. The molecule has 4 heteroatoms. The second-order valence-corrected chi connectivity index (χ2v) is 4.94. The van der Waals surface area contributed by atoms with Crippen molar-refractivity contribution in [2.75, 3.05) is 0 Å². The van der Waals surface area contributed by atoms with E-state index in [-0.39, 0.29) is 5.78 Å². The standard InChI is InChI=1S/C12H13BrN2O/c1-7(2)15-6-10(8(3)16)9-4-12(13)14-5-11(9)15/h4-7H,1-3H3. The number of hydrogen-bond acceptors (Lipinski definition) is 2. The lowest BCUT2D eigenvalue weighted by molar-refractivity contribution is 0.101. The minimum absolute atomic E-state index is 0.0856. The lowest BCUT2D eigenvalue weighted by atomic mass is 10.1. The number of nitrogens with zero attached hydrogens (tertiary/aromatic N) is 2. The highest BCUT2D eigenvalue weighted by molar-refractivity contribution is 9.10. The molecule has 0 radical (unpaired) electrons. The number of fused-ring (bicyclic) bond motifs is 1. The maximum Gasteiger partial charge on any atom is 0.161 e. The van der Waals surface area contributed by atoms with Crippen LogP contribution in [0, 0.1) is 0 Å². The Morgan fingerprint density at radius 3 is 2.75 bits per heavy atom. The Morgan fingerprint density at radius 2 is 2.19 bits per heavy atom. The molecule has 0 bridgehead atoms. The van der Waals surface area contributed by atoms with Crippen LogP contribution < -0.4 is 0 Å². The number of carbonyl (C=O) groups excluding carboxylic acids is 1. The highest BCUT2D eigenvalue weighted by Gasteiger charge is 2.14. The SMILES string of the molecule is CC(=O)c1cn(C(C)C)c2cnc(Br)cc12. The number of aromatic nitrogens is 2. The van der Waals surface area contributed by atoms with Gasteiger partial charge >= 0.3 is 0 Å². The van der Waals surface area contributed by atoms with Gasteiger partial charge in [0.1, 0.15) is 4.60 Å². The van der Waals surface area contributed by atoms with Crippen molar-refractivity contribution in [2.45, 2.75) is 26.8 Å². The Labute approximate surface area is 103 Å². The molecule has 0 saturated heterocycles. The quantitative estimate of drug-likeness (QED) is 0.623. The molecule has 0 aromatic carbocycles. The van der Waals surface area contributed by atoms with Gasteiger partial charge in [0, 0.05) is 23.2 Å².